The molecule has 0 aromatic carbocycles. The van der Waals surface area contributed by atoms with E-state index in [2.05, 4.69) is 30.1 Å². The number of aromatic nitrogens is 6. The zero-order valence-corrected chi connectivity index (χ0v) is 8.78. The van der Waals surface area contributed by atoms with Crippen molar-refractivity contribution < 1.29 is 14.4 Å². The number of rotatable bonds is 3. The normalized spacial score (nSPS) is 10.7. The van der Waals surface area contributed by atoms with Gasteiger partial charge in [0.25, 0.3) is 5.89 Å². The number of carboxylic acids is 1. The summed E-state index contributed by atoms with van der Waals surface area (Å²) in [4.78, 5) is 28.0. The van der Waals surface area contributed by atoms with Crippen LogP contribution in [0.25, 0.3) is 23.2 Å². The van der Waals surface area contributed by atoms with Gasteiger partial charge in [-0.1, -0.05) is 5.16 Å². The fourth-order valence-corrected chi connectivity index (χ4v) is 1.43. The van der Waals surface area contributed by atoms with Gasteiger partial charge in [-0.05, 0) is 0 Å². The van der Waals surface area contributed by atoms with Crippen LogP contribution in [0.4, 0.5) is 0 Å². The lowest BCUT2D eigenvalue weighted by atomic mass is 10.3. The summed E-state index contributed by atoms with van der Waals surface area (Å²) in [5.74, 6) is -0.470. The fraction of sp³-hybridized carbons (Fsp3) is 0. The number of carboxylic acid groups (broad SMARTS) is 1. The van der Waals surface area contributed by atoms with Crippen LogP contribution in [0.1, 0.15) is 10.5 Å². The van der Waals surface area contributed by atoms with E-state index in [1.54, 1.807) is 12.4 Å². The van der Waals surface area contributed by atoms with Crippen LogP contribution in [0.2, 0.25) is 0 Å². The van der Waals surface area contributed by atoms with Crippen LogP contribution in [0, 0.1) is 0 Å². The van der Waals surface area contributed by atoms with E-state index in [0.29, 0.717) is 5.82 Å². The minimum atomic E-state index is -1.18. The highest BCUT2D eigenvalue weighted by Gasteiger charge is 2.21. The number of aromatic carboxylic acids is 1. The quantitative estimate of drug-likeness (QED) is 0.614. The molecule has 18 heavy (non-hydrogen) atoms. The summed E-state index contributed by atoms with van der Waals surface area (Å²) in [7, 11) is 0. The molecule has 0 radical (unpaired) electrons. The lowest BCUT2D eigenvalue weighted by Gasteiger charge is -1.90. The zero-order valence-electron chi connectivity index (χ0n) is 8.78. The van der Waals surface area contributed by atoms with Gasteiger partial charge in [-0.15, -0.1) is 0 Å². The Kier molecular flexibility index (Phi) is 2.15. The van der Waals surface area contributed by atoms with Gasteiger partial charge in [-0.2, -0.15) is 4.98 Å². The molecule has 3 N–H and O–H groups in total. The first-order valence-electron chi connectivity index (χ1n) is 4.86. The van der Waals surface area contributed by atoms with Crippen LogP contribution in [-0.4, -0.2) is 41.2 Å². The van der Waals surface area contributed by atoms with Crippen molar-refractivity contribution in [1.82, 2.24) is 30.1 Å². The van der Waals surface area contributed by atoms with Gasteiger partial charge in [0.15, 0.2) is 11.5 Å². The molecule has 0 atom stereocenters. The number of imidazole rings is 2. The number of hydrogen-bond donors (Lipinski definition) is 3. The van der Waals surface area contributed by atoms with Crippen molar-refractivity contribution in [3.05, 3.63) is 24.4 Å². The highest BCUT2D eigenvalue weighted by Crippen LogP contribution is 2.20. The monoisotopic (exact) mass is 246 g/mol. The fourth-order valence-electron chi connectivity index (χ4n) is 1.43. The Balaban J connectivity index is 2.03. The summed E-state index contributed by atoms with van der Waals surface area (Å²) in [5, 5.41) is 12.6. The molecule has 0 bridgehead atoms. The van der Waals surface area contributed by atoms with E-state index < -0.39 is 5.97 Å². The van der Waals surface area contributed by atoms with Crippen LogP contribution < -0.4 is 0 Å². The summed E-state index contributed by atoms with van der Waals surface area (Å²) < 4.78 is 4.97. The Labute approximate surface area is 98.9 Å². The number of aromatic amines is 2. The smallest absolute Gasteiger partial charge is 0.356 e. The van der Waals surface area contributed by atoms with Crippen LogP contribution >= 0.6 is 0 Å². The molecule has 3 aromatic rings. The average Bonchev–Trinajstić information content (AvgIpc) is 3.10. The predicted octanol–water partition coefficient (Wildman–Crippen LogP) is 0.548. The van der Waals surface area contributed by atoms with Gasteiger partial charge in [0.1, 0.15) is 5.69 Å². The van der Waals surface area contributed by atoms with Crippen LogP contribution in [0.5, 0.6) is 0 Å². The molecular formula is C9H6N6O3. The lowest BCUT2D eigenvalue weighted by Crippen LogP contribution is -1.99. The average molecular weight is 246 g/mol. The van der Waals surface area contributed by atoms with Gasteiger partial charge in [-0.3, -0.25) is 0 Å². The summed E-state index contributed by atoms with van der Waals surface area (Å²) in [6.07, 6.45) is 4.41. The topological polar surface area (TPSA) is 134 Å². The molecule has 0 saturated heterocycles. The van der Waals surface area contributed by atoms with Crippen molar-refractivity contribution in [2.75, 3.05) is 0 Å². The maximum absolute atomic E-state index is 10.9. The molecule has 90 valence electrons. The molecule has 3 aromatic heterocycles. The molecule has 3 heterocycles. The summed E-state index contributed by atoms with van der Waals surface area (Å²) >= 11 is 0. The number of nitrogens with one attached hydrogen (secondary N) is 2. The van der Waals surface area contributed by atoms with E-state index in [1.165, 1.54) is 6.33 Å². The van der Waals surface area contributed by atoms with E-state index >= 15 is 0 Å². The molecular weight excluding hydrogens is 240 g/mol. The Hall–Kier alpha value is -2.97. The summed E-state index contributed by atoms with van der Waals surface area (Å²) in [6, 6.07) is 0. The Bertz CT molecular complexity index is 683. The molecule has 0 saturated carbocycles. The third-order valence-electron chi connectivity index (χ3n) is 2.19. The lowest BCUT2D eigenvalue weighted by molar-refractivity contribution is 0.0691. The van der Waals surface area contributed by atoms with Crippen molar-refractivity contribution in [1.29, 1.82) is 0 Å². The second-order valence-electron chi connectivity index (χ2n) is 3.29. The first-order valence-corrected chi connectivity index (χ1v) is 4.86. The third kappa shape index (κ3) is 1.54. The van der Waals surface area contributed by atoms with Gasteiger partial charge in [0.05, 0.1) is 6.33 Å². The first-order chi connectivity index (χ1) is 8.75. The van der Waals surface area contributed by atoms with E-state index in [9.17, 15) is 4.79 Å². The summed E-state index contributed by atoms with van der Waals surface area (Å²) in [5.41, 5.74) is -0.0162. The molecule has 0 fully saturated rings. The van der Waals surface area contributed by atoms with Crippen molar-refractivity contribution >= 4 is 5.97 Å². The third-order valence-corrected chi connectivity index (χ3v) is 2.19. The highest BCUT2D eigenvalue weighted by molar-refractivity contribution is 5.91. The molecule has 0 amide bonds. The van der Waals surface area contributed by atoms with Gasteiger partial charge in [0, 0.05) is 12.4 Å². The van der Waals surface area contributed by atoms with Gasteiger partial charge < -0.3 is 19.6 Å². The molecule has 3 rings (SSSR count). The van der Waals surface area contributed by atoms with Crippen molar-refractivity contribution in [3.8, 4) is 23.2 Å². The Morgan fingerprint density at radius 3 is 2.94 bits per heavy atom. The van der Waals surface area contributed by atoms with Crippen LogP contribution in [-0.2, 0) is 0 Å². The van der Waals surface area contributed by atoms with Crippen LogP contribution in [0.15, 0.2) is 23.2 Å². The maximum atomic E-state index is 10.9. The molecule has 0 aliphatic carbocycles. The number of H-pyrrole nitrogens is 2. The largest absolute Gasteiger partial charge is 0.476 e. The van der Waals surface area contributed by atoms with Gasteiger partial charge in [-0.25, -0.2) is 14.8 Å². The molecule has 0 aliphatic rings. The molecule has 9 heteroatoms. The summed E-state index contributed by atoms with van der Waals surface area (Å²) in [6.45, 7) is 0. The molecule has 0 unspecified atom stereocenters. The van der Waals surface area contributed by atoms with Gasteiger partial charge in [0.2, 0.25) is 5.82 Å². The number of hydrogen-bond acceptors (Lipinski definition) is 6. The van der Waals surface area contributed by atoms with E-state index in [-0.39, 0.29) is 23.1 Å². The second-order valence-corrected chi connectivity index (χ2v) is 3.29. The standard InChI is InChI=1S/C9H6N6O3/c16-9(17)5-4(12-3-13-5)8-14-7(15-18-8)6-10-1-2-11-6/h1-3H,(H,10,11)(H,12,13)(H,16,17). The van der Waals surface area contributed by atoms with Crippen molar-refractivity contribution in [3.63, 3.8) is 0 Å². The van der Waals surface area contributed by atoms with E-state index in [0.717, 1.165) is 0 Å². The SMILES string of the molecule is O=C(O)c1nc[nH]c1-c1nc(-c2ncc[nH]2)no1. The van der Waals surface area contributed by atoms with Crippen LogP contribution in [0.3, 0.4) is 0 Å². The van der Waals surface area contributed by atoms with Gasteiger partial charge >= 0.3 is 5.97 Å². The van der Waals surface area contributed by atoms with E-state index in [4.69, 9.17) is 9.63 Å². The minimum absolute atomic E-state index is 0.0382. The molecule has 0 spiro atoms. The number of carbonyl (C=O) groups is 1. The molecule has 9 nitrogen and oxygen atoms in total. The van der Waals surface area contributed by atoms with Crippen molar-refractivity contribution in [2.24, 2.45) is 0 Å². The van der Waals surface area contributed by atoms with Crippen molar-refractivity contribution in [2.45, 2.75) is 0 Å². The highest BCUT2D eigenvalue weighted by atomic mass is 16.5. The minimum Gasteiger partial charge on any atom is -0.476 e. The number of nitrogens with zero attached hydrogens (tertiary/aromatic N) is 4. The second kappa shape index (κ2) is 3.80. The maximum Gasteiger partial charge on any atom is 0.356 e. The first kappa shape index (κ1) is 10.2. The Morgan fingerprint density at radius 2 is 2.22 bits per heavy atom. The van der Waals surface area contributed by atoms with E-state index in [1.807, 2.05) is 0 Å². The zero-order chi connectivity index (χ0) is 12.5. The predicted molar refractivity (Wildman–Crippen MR) is 56.4 cm³/mol. The Morgan fingerprint density at radius 1 is 1.33 bits per heavy atom. The molecule has 0 aliphatic heterocycles.